The van der Waals surface area contributed by atoms with Crippen LogP contribution in [0.5, 0.6) is 0 Å². The fourth-order valence-corrected chi connectivity index (χ4v) is 4.47. The van der Waals surface area contributed by atoms with Crippen molar-refractivity contribution in [3.05, 3.63) is 16.1 Å². The molecule has 1 unspecified atom stereocenters. The number of aryl methyl sites for hydroxylation is 1. The van der Waals surface area contributed by atoms with E-state index in [4.69, 9.17) is 5.73 Å². The molecule has 5 nitrogen and oxygen atoms in total. The third-order valence-electron chi connectivity index (χ3n) is 4.99. The Kier molecular flexibility index (Phi) is 4.99. The largest absolute Gasteiger partial charge is 0.344 e. The lowest BCUT2D eigenvalue weighted by Crippen LogP contribution is -2.51. The highest BCUT2D eigenvalue weighted by Gasteiger charge is 2.30. The summed E-state index contributed by atoms with van der Waals surface area (Å²) in [5.74, 6) is 0.944. The number of nitrogens with one attached hydrogen (secondary N) is 1. The van der Waals surface area contributed by atoms with Gasteiger partial charge in [-0.3, -0.25) is 9.80 Å². The lowest BCUT2D eigenvalue weighted by molar-refractivity contribution is 0.0709. The Balaban J connectivity index is 1.63. The van der Waals surface area contributed by atoms with Crippen LogP contribution in [0.2, 0.25) is 0 Å². The molecule has 1 aromatic heterocycles. The number of rotatable bonds is 4. The number of piperazine rings is 1. The Bertz CT molecular complexity index is 461. The van der Waals surface area contributed by atoms with E-state index in [-0.39, 0.29) is 6.04 Å². The zero-order chi connectivity index (χ0) is 14.8. The summed E-state index contributed by atoms with van der Waals surface area (Å²) in [5, 5.41) is 0. The standard InChI is InChI=1S/C15H26BrN5/c1-11-18-14(15(16)19-11)13(10-17)21-8-6-20(7-9-21)12-4-2-3-5-12/h12-13H,2-10,17H2,1H3,(H,18,19). The zero-order valence-electron chi connectivity index (χ0n) is 12.8. The van der Waals surface area contributed by atoms with Gasteiger partial charge in [0.15, 0.2) is 0 Å². The summed E-state index contributed by atoms with van der Waals surface area (Å²) in [6.07, 6.45) is 5.62. The SMILES string of the molecule is Cc1nc(Br)c(C(CN)N2CCN(C3CCCC3)CC2)[nH]1. The molecular weight excluding hydrogens is 330 g/mol. The van der Waals surface area contributed by atoms with E-state index in [2.05, 4.69) is 35.7 Å². The predicted molar refractivity (Wildman–Crippen MR) is 88.2 cm³/mol. The van der Waals surface area contributed by atoms with E-state index in [0.717, 1.165) is 35.3 Å². The molecule has 1 aromatic rings. The van der Waals surface area contributed by atoms with Crippen LogP contribution in [0.1, 0.15) is 43.2 Å². The van der Waals surface area contributed by atoms with Crippen molar-refractivity contribution in [1.29, 1.82) is 0 Å². The number of hydrogen-bond acceptors (Lipinski definition) is 4. The summed E-state index contributed by atoms with van der Waals surface area (Å²) >= 11 is 3.56. The van der Waals surface area contributed by atoms with Gasteiger partial charge in [0.05, 0.1) is 11.7 Å². The second-order valence-electron chi connectivity index (χ2n) is 6.29. The van der Waals surface area contributed by atoms with Gasteiger partial charge in [0.1, 0.15) is 10.4 Å². The third-order valence-corrected chi connectivity index (χ3v) is 5.60. The lowest BCUT2D eigenvalue weighted by Gasteiger charge is -2.41. The average molecular weight is 356 g/mol. The van der Waals surface area contributed by atoms with Gasteiger partial charge in [0.25, 0.3) is 0 Å². The predicted octanol–water partition coefficient (Wildman–Crippen LogP) is 2.04. The van der Waals surface area contributed by atoms with E-state index in [9.17, 15) is 0 Å². The van der Waals surface area contributed by atoms with Crippen molar-refractivity contribution in [3.63, 3.8) is 0 Å². The first-order chi connectivity index (χ1) is 10.2. The smallest absolute Gasteiger partial charge is 0.129 e. The molecule has 0 bridgehead atoms. The molecule has 118 valence electrons. The summed E-state index contributed by atoms with van der Waals surface area (Å²) in [7, 11) is 0. The van der Waals surface area contributed by atoms with E-state index >= 15 is 0 Å². The number of hydrogen-bond donors (Lipinski definition) is 2. The third kappa shape index (κ3) is 3.33. The molecule has 0 amide bonds. The van der Waals surface area contributed by atoms with Crippen molar-refractivity contribution >= 4 is 15.9 Å². The minimum atomic E-state index is 0.242. The molecule has 0 spiro atoms. The number of imidazole rings is 1. The minimum Gasteiger partial charge on any atom is -0.344 e. The monoisotopic (exact) mass is 355 g/mol. The van der Waals surface area contributed by atoms with Crippen LogP contribution in [-0.2, 0) is 0 Å². The first-order valence-corrected chi connectivity index (χ1v) is 8.88. The molecule has 1 aliphatic heterocycles. The Hall–Kier alpha value is -0.430. The number of nitrogens with two attached hydrogens (primary N) is 1. The van der Waals surface area contributed by atoms with Crippen molar-refractivity contribution in [2.24, 2.45) is 5.73 Å². The topological polar surface area (TPSA) is 61.2 Å². The van der Waals surface area contributed by atoms with E-state index in [0.29, 0.717) is 6.54 Å². The Morgan fingerprint density at radius 1 is 1.29 bits per heavy atom. The number of aromatic nitrogens is 2. The van der Waals surface area contributed by atoms with Gasteiger partial charge in [0, 0.05) is 38.8 Å². The molecule has 1 saturated heterocycles. The molecule has 1 saturated carbocycles. The van der Waals surface area contributed by atoms with E-state index in [1.807, 2.05) is 6.92 Å². The summed E-state index contributed by atoms with van der Waals surface area (Å²) < 4.78 is 0.911. The second-order valence-corrected chi connectivity index (χ2v) is 7.04. The maximum Gasteiger partial charge on any atom is 0.129 e. The minimum absolute atomic E-state index is 0.242. The van der Waals surface area contributed by atoms with E-state index < -0.39 is 0 Å². The van der Waals surface area contributed by atoms with E-state index in [1.54, 1.807) is 0 Å². The van der Waals surface area contributed by atoms with Crippen molar-refractivity contribution < 1.29 is 0 Å². The first kappa shape index (κ1) is 15.5. The van der Waals surface area contributed by atoms with Crippen LogP contribution in [-0.4, -0.2) is 58.5 Å². The summed E-state index contributed by atoms with van der Waals surface area (Å²) in [6, 6.07) is 1.08. The Morgan fingerprint density at radius 2 is 1.95 bits per heavy atom. The fourth-order valence-electron chi connectivity index (χ4n) is 3.84. The maximum absolute atomic E-state index is 6.05. The highest BCUT2D eigenvalue weighted by Crippen LogP contribution is 2.28. The number of halogens is 1. The zero-order valence-corrected chi connectivity index (χ0v) is 14.4. The molecule has 21 heavy (non-hydrogen) atoms. The molecular formula is C15H26BrN5. The van der Waals surface area contributed by atoms with Crippen LogP contribution in [0.3, 0.4) is 0 Å². The van der Waals surface area contributed by atoms with Gasteiger partial charge in [-0.2, -0.15) is 0 Å². The summed E-state index contributed by atoms with van der Waals surface area (Å²) in [6.45, 7) is 7.16. The molecule has 6 heteroatoms. The van der Waals surface area contributed by atoms with Gasteiger partial charge in [-0.25, -0.2) is 4.98 Å². The molecule has 2 heterocycles. The molecule has 0 aromatic carbocycles. The normalized spacial score (nSPS) is 23.8. The lowest BCUT2D eigenvalue weighted by atomic mass is 10.1. The molecule has 3 rings (SSSR count). The molecule has 3 N–H and O–H groups in total. The maximum atomic E-state index is 6.05. The van der Waals surface area contributed by atoms with Crippen molar-refractivity contribution in [2.75, 3.05) is 32.7 Å². The fraction of sp³-hybridized carbons (Fsp3) is 0.800. The van der Waals surface area contributed by atoms with Crippen molar-refractivity contribution in [1.82, 2.24) is 19.8 Å². The Morgan fingerprint density at radius 3 is 2.48 bits per heavy atom. The van der Waals surface area contributed by atoms with Crippen LogP contribution in [0.25, 0.3) is 0 Å². The first-order valence-electron chi connectivity index (χ1n) is 8.09. The summed E-state index contributed by atoms with van der Waals surface area (Å²) in [5.41, 5.74) is 7.18. The molecule has 2 aliphatic rings. The van der Waals surface area contributed by atoms with Gasteiger partial charge in [-0.1, -0.05) is 12.8 Å². The van der Waals surface area contributed by atoms with Gasteiger partial charge < -0.3 is 10.7 Å². The van der Waals surface area contributed by atoms with Crippen LogP contribution in [0, 0.1) is 6.92 Å². The highest BCUT2D eigenvalue weighted by atomic mass is 79.9. The van der Waals surface area contributed by atoms with Gasteiger partial charge in [0.2, 0.25) is 0 Å². The Labute approximate surface area is 135 Å². The molecule has 1 atom stereocenters. The number of H-pyrrole nitrogens is 1. The van der Waals surface area contributed by atoms with Crippen molar-refractivity contribution in [3.8, 4) is 0 Å². The molecule has 1 aliphatic carbocycles. The van der Waals surface area contributed by atoms with Gasteiger partial charge >= 0.3 is 0 Å². The second kappa shape index (κ2) is 6.77. The molecule has 0 radical (unpaired) electrons. The van der Waals surface area contributed by atoms with Gasteiger partial charge in [-0.05, 0) is 35.7 Å². The summed E-state index contributed by atoms with van der Waals surface area (Å²) in [4.78, 5) is 13.0. The van der Waals surface area contributed by atoms with Crippen LogP contribution >= 0.6 is 15.9 Å². The number of aromatic amines is 1. The van der Waals surface area contributed by atoms with Crippen molar-refractivity contribution in [2.45, 2.75) is 44.7 Å². The van der Waals surface area contributed by atoms with Crippen LogP contribution in [0.15, 0.2) is 4.60 Å². The van der Waals surface area contributed by atoms with Crippen LogP contribution < -0.4 is 5.73 Å². The quantitative estimate of drug-likeness (QED) is 0.867. The van der Waals surface area contributed by atoms with Crippen LogP contribution in [0.4, 0.5) is 0 Å². The average Bonchev–Trinajstić information content (AvgIpc) is 3.11. The van der Waals surface area contributed by atoms with E-state index in [1.165, 1.54) is 38.8 Å². The number of nitrogens with zero attached hydrogens (tertiary/aromatic N) is 3. The molecule has 2 fully saturated rings. The van der Waals surface area contributed by atoms with Gasteiger partial charge in [-0.15, -0.1) is 0 Å². The highest BCUT2D eigenvalue weighted by molar-refractivity contribution is 9.10.